The van der Waals surface area contributed by atoms with E-state index in [0.29, 0.717) is 17.6 Å². The van der Waals surface area contributed by atoms with Crippen LogP contribution < -0.4 is 0 Å². The van der Waals surface area contributed by atoms with E-state index in [1.807, 2.05) is 40.9 Å². The molecule has 0 bridgehead atoms. The number of hydrogen-bond acceptors (Lipinski definition) is 9. The second-order valence-electron chi connectivity index (χ2n) is 9.35. The molecule has 1 amide bonds. The number of nitrogens with zero attached hydrogens (tertiary/aromatic N) is 4. The number of non-ortho nitro benzene ring substituents is 1. The fourth-order valence-electron chi connectivity index (χ4n) is 5.00. The lowest BCUT2D eigenvalue weighted by atomic mass is 9.83. The van der Waals surface area contributed by atoms with Crippen molar-refractivity contribution < 1.29 is 24.4 Å². The van der Waals surface area contributed by atoms with E-state index in [-0.39, 0.29) is 29.9 Å². The number of amides is 1. The molecule has 0 saturated carbocycles. The summed E-state index contributed by atoms with van der Waals surface area (Å²) in [6.07, 6.45) is 3.20. The molecule has 1 N–H and O–H groups in total. The zero-order chi connectivity index (χ0) is 27.3. The number of aliphatic hydroxyl groups is 1. The minimum absolute atomic E-state index is 0.0579. The summed E-state index contributed by atoms with van der Waals surface area (Å²) >= 11 is 3.02. The molecule has 198 valence electrons. The minimum Gasteiger partial charge on any atom is -0.456 e. The lowest BCUT2D eigenvalue weighted by Gasteiger charge is -2.44. The molecule has 2 aromatic heterocycles. The van der Waals surface area contributed by atoms with Crippen molar-refractivity contribution in [1.82, 2.24) is 14.3 Å². The topological polar surface area (TPSA) is 127 Å². The molecule has 3 atom stereocenters. The molecule has 12 heteroatoms. The zero-order valence-corrected chi connectivity index (χ0v) is 22.2. The van der Waals surface area contributed by atoms with Crippen LogP contribution in [0.1, 0.15) is 23.8 Å². The van der Waals surface area contributed by atoms with E-state index in [0.717, 1.165) is 19.6 Å². The average molecular weight is 563 g/mol. The summed E-state index contributed by atoms with van der Waals surface area (Å²) in [4.78, 5) is 45.5. The van der Waals surface area contributed by atoms with E-state index in [1.54, 1.807) is 25.0 Å². The van der Waals surface area contributed by atoms with E-state index in [1.165, 1.54) is 40.5 Å². The third-order valence-corrected chi connectivity index (χ3v) is 9.17. The molecule has 10 nitrogen and oxygen atoms in total. The van der Waals surface area contributed by atoms with Crippen molar-refractivity contribution in [3.63, 3.8) is 0 Å². The lowest BCUT2D eigenvalue weighted by Crippen LogP contribution is -2.61. The molecule has 39 heavy (non-hydrogen) atoms. The van der Waals surface area contributed by atoms with Gasteiger partial charge in [0.1, 0.15) is 28.5 Å². The van der Waals surface area contributed by atoms with Crippen molar-refractivity contribution >= 4 is 51.1 Å². The van der Waals surface area contributed by atoms with Crippen molar-refractivity contribution in [2.75, 3.05) is 0 Å². The molecule has 1 saturated heterocycles. The number of β-lactam (4-membered cyclic amide) rings is 1. The third kappa shape index (κ3) is 4.50. The van der Waals surface area contributed by atoms with Crippen LogP contribution in [0.4, 0.5) is 5.69 Å². The molecule has 2 aromatic carbocycles. The largest absolute Gasteiger partial charge is 0.456 e. The standard InChI is InChI=1S/C27H22N4O6S2/c1-15(32)22-20-11-19(21-12-29-14-28-24(26(29)39-21)38-18-5-3-2-4-6-18)23(30(20)25(22)33)27(34)37-13-16-7-9-17(10-8-16)31(35)36/h2-10,12,14-15,20,22,32H,11,13H2,1H3/t15-,20-,22-/m1/s1. The highest BCUT2D eigenvalue weighted by atomic mass is 32.2. The van der Waals surface area contributed by atoms with Crippen LogP contribution in [-0.4, -0.2) is 48.3 Å². The maximum atomic E-state index is 13.4. The first-order valence-corrected chi connectivity index (χ1v) is 13.8. The number of thiazole rings is 1. The van der Waals surface area contributed by atoms with Crippen molar-refractivity contribution in [3.8, 4) is 0 Å². The van der Waals surface area contributed by atoms with Crippen LogP contribution in [-0.2, 0) is 20.9 Å². The average Bonchev–Trinajstić information content (AvgIpc) is 3.60. The number of ether oxygens (including phenoxy) is 1. The van der Waals surface area contributed by atoms with Gasteiger partial charge in [-0.3, -0.25) is 19.3 Å². The van der Waals surface area contributed by atoms with Gasteiger partial charge in [-0.2, -0.15) is 0 Å². The summed E-state index contributed by atoms with van der Waals surface area (Å²) in [6.45, 7) is 1.48. The fourth-order valence-corrected chi connectivity index (χ4v) is 7.08. The van der Waals surface area contributed by atoms with Gasteiger partial charge in [0, 0.05) is 28.8 Å². The third-order valence-electron chi connectivity index (χ3n) is 6.87. The number of nitro benzene ring substituents is 1. The summed E-state index contributed by atoms with van der Waals surface area (Å²) in [5.74, 6) is -1.55. The Bertz CT molecular complexity index is 1630. The SMILES string of the molecule is C[C@@H](O)[C@H]1C(=O)N2C(C(=O)OCc3ccc([N+](=O)[O-])cc3)=C(c3cn4cnc(Sc5ccccc5)c4s3)C[C@H]12. The Labute approximate surface area is 230 Å². The Hall–Kier alpha value is -4.00. The normalized spacial score (nSPS) is 19.2. The van der Waals surface area contributed by atoms with Gasteiger partial charge in [0.25, 0.3) is 5.69 Å². The van der Waals surface area contributed by atoms with E-state index in [2.05, 4.69) is 4.98 Å². The van der Waals surface area contributed by atoms with E-state index in [9.17, 15) is 24.8 Å². The molecule has 4 aromatic rings. The fraction of sp³-hybridized carbons (Fsp3) is 0.222. The van der Waals surface area contributed by atoms with Gasteiger partial charge in [0.2, 0.25) is 5.91 Å². The second-order valence-corrected chi connectivity index (χ2v) is 11.4. The number of benzene rings is 2. The Balaban J connectivity index is 1.31. The maximum Gasteiger partial charge on any atom is 0.355 e. The number of hydrogen-bond donors (Lipinski definition) is 1. The van der Waals surface area contributed by atoms with Gasteiger partial charge in [0.15, 0.2) is 0 Å². The van der Waals surface area contributed by atoms with Gasteiger partial charge in [0.05, 0.1) is 27.9 Å². The Morgan fingerprint density at radius 3 is 2.69 bits per heavy atom. The van der Waals surface area contributed by atoms with Gasteiger partial charge in [-0.25, -0.2) is 9.78 Å². The first-order valence-electron chi connectivity index (χ1n) is 12.2. The number of nitro groups is 1. The summed E-state index contributed by atoms with van der Waals surface area (Å²) in [7, 11) is 0. The number of imidazole rings is 1. The predicted molar refractivity (Wildman–Crippen MR) is 144 cm³/mol. The Morgan fingerprint density at radius 1 is 1.26 bits per heavy atom. The van der Waals surface area contributed by atoms with Gasteiger partial charge < -0.3 is 14.7 Å². The van der Waals surface area contributed by atoms with Crippen LogP contribution in [0.2, 0.25) is 0 Å². The van der Waals surface area contributed by atoms with Gasteiger partial charge in [-0.15, -0.1) is 11.3 Å². The molecule has 0 spiro atoms. The maximum absolute atomic E-state index is 13.4. The van der Waals surface area contributed by atoms with Crippen molar-refractivity contribution in [3.05, 3.63) is 93.4 Å². The minimum atomic E-state index is -0.840. The van der Waals surface area contributed by atoms with Crippen LogP contribution in [0.25, 0.3) is 10.4 Å². The number of aliphatic hydroxyl groups excluding tert-OH is 1. The molecule has 0 aliphatic carbocycles. The molecule has 2 aliphatic heterocycles. The molecule has 0 unspecified atom stereocenters. The van der Waals surface area contributed by atoms with Crippen LogP contribution in [0.15, 0.2) is 82.7 Å². The second kappa shape index (κ2) is 9.95. The number of carbonyl (C=O) groups is 2. The van der Waals surface area contributed by atoms with E-state index >= 15 is 0 Å². The number of aromatic nitrogens is 2. The predicted octanol–water partition coefficient (Wildman–Crippen LogP) is 4.52. The van der Waals surface area contributed by atoms with Gasteiger partial charge in [-0.1, -0.05) is 30.0 Å². The highest BCUT2D eigenvalue weighted by Gasteiger charge is 2.57. The molecule has 1 fully saturated rings. The van der Waals surface area contributed by atoms with Crippen LogP contribution in [0.5, 0.6) is 0 Å². The van der Waals surface area contributed by atoms with E-state index in [4.69, 9.17) is 4.74 Å². The molecular weight excluding hydrogens is 540 g/mol. The molecule has 4 heterocycles. The first-order chi connectivity index (χ1) is 18.8. The Kier molecular flexibility index (Phi) is 6.45. The summed E-state index contributed by atoms with van der Waals surface area (Å²) < 4.78 is 7.48. The quantitative estimate of drug-likeness (QED) is 0.144. The van der Waals surface area contributed by atoms with Crippen molar-refractivity contribution in [1.29, 1.82) is 0 Å². The highest BCUT2D eigenvalue weighted by molar-refractivity contribution is 7.99. The monoisotopic (exact) mass is 562 g/mol. The summed E-state index contributed by atoms with van der Waals surface area (Å²) in [5, 5.41) is 21.9. The van der Waals surface area contributed by atoms with Crippen LogP contribution in [0, 0.1) is 16.0 Å². The summed E-state index contributed by atoms with van der Waals surface area (Å²) in [5.41, 5.74) is 1.40. The molecule has 6 rings (SSSR count). The smallest absolute Gasteiger partial charge is 0.355 e. The first kappa shape index (κ1) is 25.3. The number of esters is 1. The van der Waals surface area contributed by atoms with Crippen molar-refractivity contribution in [2.45, 2.75) is 42.0 Å². The summed E-state index contributed by atoms with van der Waals surface area (Å²) in [6, 6.07) is 15.3. The molecular formula is C27H22N4O6S2. The van der Waals surface area contributed by atoms with Crippen LogP contribution >= 0.6 is 23.1 Å². The lowest BCUT2D eigenvalue weighted by molar-refractivity contribution is -0.384. The van der Waals surface area contributed by atoms with Gasteiger partial charge in [-0.05, 0) is 43.2 Å². The highest BCUT2D eigenvalue weighted by Crippen LogP contribution is 2.49. The molecule has 0 radical (unpaired) electrons. The van der Waals surface area contributed by atoms with E-state index < -0.39 is 22.9 Å². The van der Waals surface area contributed by atoms with Gasteiger partial charge >= 0.3 is 5.97 Å². The molecule has 2 aliphatic rings. The zero-order valence-electron chi connectivity index (χ0n) is 20.6. The van der Waals surface area contributed by atoms with Crippen LogP contribution in [0.3, 0.4) is 0 Å². The number of fused-ring (bicyclic) bond motifs is 2. The Morgan fingerprint density at radius 2 is 2.00 bits per heavy atom. The number of carbonyl (C=O) groups excluding carboxylic acids is 2. The van der Waals surface area contributed by atoms with Crippen molar-refractivity contribution in [2.24, 2.45) is 5.92 Å². The number of rotatable bonds is 8.